The summed E-state index contributed by atoms with van der Waals surface area (Å²) in [6.07, 6.45) is 0.996. The van der Waals surface area contributed by atoms with Crippen molar-refractivity contribution in [1.29, 1.82) is 0 Å². The topological polar surface area (TPSA) is 62.0 Å². The molecule has 3 aromatic rings. The van der Waals surface area contributed by atoms with Crippen LogP contribution in [0, 0.1) is 13.8 Å². The first-order chi connectivity index (χ1) is 13.8. The minimum atomic E-state index is -0.412. The van der Waals surface area contributed by atoms with E-state index in [9.17, 15) is 9.59 Å². The molecular formula is C24H28N2O2S. The van der Waals surface area contributed by atoms with E-state index in [0.717, 1.165) is 28.1 Å². The number of rotatable bonds is 8. The standard InChI is InChI=1S/C24H28N2O2S/c1-6-18-9-11-19(12-10-18)23(20-8-7-13-29-20)26-16(4)24(28)22-14(2)21(17(5)27)15(3)25-22/h7-13,16,23,25-26H,6H2,1-5H3/t16-,23-/m1/s1. The third-order valence-corrected chi connectivity index (χ3v) is 6.33. The Balaban J connectivity index is 1.89. The highest BCUT2D eigenvalue weighted by molar-refractivity contribution is 7.10. The Kier molecular flexibility index (Phi) is 6.50. The Morgan fingerprint density at radius 1 is 1.14 bits per heavy atom. The summed E-state index contributed by atoms with van der Waals surface area (Å²) in [4.78, 5) is 29.4. The Morgan fingerprint density at radius 3 is 2.34 bits per heavy atom. The average molecular weight is 409 g/mol. The van der Waals surface area contributed by atoms with Crippen LogP contribution < -0.4 is 5.32 Å². The molecule has 2 N–H and O–H groups in total. The number of aromatic amines is 1. The molecule has 0 aliphatic heterocycles. The highest BCUT2D eigenvalue weighted by atomic mass is 32.1. The van der Waals surface area contributed by atoms with Crippen molar-refractivity contribution >= 4 is 22.9 Å². The number of H-pyrrole nitrogens is 1. The third-order valence-electron chi connectivity index (χ3n) is 5.39. The number of aromatic nitrogens is 1. The quantitative estimate of drug-likeness (QED) is 0.490. The summed E-state index contributed by atoms with van der Waals surface area (Å²) in [6, 6.07) is 12.2. The fourth-order valence-electron chi connectivity index (χ4n) is 3.81. The Bertz CT molecular complexity index is 1000. The van der Waals surface area contributed by atoms with Crippen LogP contribution in [0.4, 0.5) is 0 Å². The normalized spacial score (nSPS) is 13.3. The van der Waals surface area contributed by atoms with E-state index < -0.39 is 6.04 Å². The molecule has 0 radical (unpaired) electrons. The molecule has 2 atom stereocenters. The van der Waals surface area contributed by atoms with Gasteiger partial charge in [-0.3, -0.25) is 14.9 Å². The molecule has 0 bridgehead atoms. The highest BCUT2D eigenvalue weighted by Gasteiger charge is 2.26. The smallest absolute Gasteiger partial charge is 0.195 e. The van der Waals surface area contributed by atoms with Crippen LogP contribution in [0.25, 0.3) is 0 Å². The monoisotopic (exact) mass is 408 g/mol. The first kappa shape index (κ1) is 21.2. The Labute approximate surface area is 176 Å². The molecule has 0 saturated heterocycles. The number of benzene rings is 1. The van der Waals surface area contributed by atoms with Crippen LogP contribution in [0.5, 0.6) is 0 Å². The van der Waals surface area contributed by atoms with Crippen LogP contribution in [0.15, 0.2) is 41.8 Å². The van der Waals surface area contributed by atoms with Crippen LogP contribution in [0.3, 0.4) is 0 Å². The van der Waals surface area contributed by atoms with Gasteiger partial charge in [-0.25, -0.2) is 0 Å². The third kappa shape index (κ3) is 4.41. The van der Waals surface area contributed by atoms with Gasteiger partial charge in [0.15, 0.2) is 11.6 Å². The summed E-state index contributed by atoms with van der Waals surface area (Å²) in [5.41, 5.74) is 5.03. The Morgan fingerprint density at radius 2 is 1.83 bits per heavy atom. The number of Topliss-reactive ketones (excluding diaryl/α,β-unsaturated/α-hetero) is 2. The lowest BCUT2D eigenvalue weighted by Gasteiger charge is -2.22. The van der Waals surface area contributed by atoms with E-state index in [1.807, 2.05) is 26.8 Å². The maximum atomic E-state index is 13.2. The van der Waals surface area contributed by atoms with Gasteiger partial charge in [0.05, 0.1) is 17.8 Å². The first-order valence-corrected chi connectivity index (χ1v) is 10.8. The molecule has 5 heteroatoms. The summed E-state index contributed by atoms with van der Waals surface area (Å²) in [7, 11) is 0. The summed E-state index contributed by atoms with van der Waals surface area (Å²) in [5.74, 6) is -0.0618. The molecule has 0 amide bonds. The predicted molar refractivity (Wildman–Crippen MR) is 119 cm³/mol. The molecule has 2 aromatic heterocycles. The van der Waals surface area contributed by atoms with Crippen molar-refractivity contribution in [2.45, 2.75) is 53.1 Å². The molecule has 0 saturated carbocycles. The average Bonchev–Trinajstić information content (AvgIpc) is 3.33. The van der Waals surface area contributed by atoms with E-state index in [1.54, 1.807) is 11.3 Å². The van der Waals surface area contributed by atoms with Crippen molar-refractivity contribution < 1.29 is 9.59 Å². The fraction of sp³-hybridized carbons (Fsp3) is 0.333. The van der Waals surface area contributed by atoms with Gasteiger partial charge in [0, 0.05) is 16.1 Å². The fourth-order valence-corrected chi connectivity index (χ4v) is 4.62. The second-order valence-electron chi connectivity index (χ2n) is 7.48. The summed E-state index contributed by atoms with van der Waals surface area (Å²) in [6.45, 7) is 9.22. The van der Waals surface area contributed by atoms with Crippen molar-refractivity contribution in [1.82, 2.24) is 10.3 Å². The van der Waals surface area contributed by atoms with Gasteiger partial charge in [-0.05, 0) is 62.3 Å². The van der Waals surface area contributed by atoms with Gasteiger partial charge in [-0.2, -0.15) is 0 Å². The zero-order chi connectivity index (χ0) is 21.1. The molecule has 0 aliphatic carbocycles. The van der Waals surface area contributed by atoms with Gasteiger partial charge >= 0.3 is 0 Å². The summed E-state index contributed by atoms with van der Waals surface area (Å²) < 4.78 is 0. The predicted octanol–water partition coefficient (Wildman–Crippen LogP) is 5.41. The van der Waals surface area contributed by atoms with Crippen LogP contribution in [-0.2, 0) is 6.42 Å². The molecule has 2 heterocycles. The van der Waals surface area contributed by atoms with Crippen molar-refractivity contribution in [3.63, 3.8) is 0 Å². The van der Waals surface area contributed by atoms with Gasteiger partial charge in [0.2, 0.25) is 0 Å². The van der Waals surface area contributed by atoms with E-state index in [4.69, 9.17) is 0 Å². The van der Waals surface area contributed by atoms with Crippen molar-refractivity contribution in [3.8, 4) is 0 Å². The minimum Gasteiger partial charge on any atom is -0.355 e. The minimum absolute atomic E-state index is 0.0246. The lowest BCUT2D eigenvalue weighted by atomic mass is 9.99. The van der Waals surface area contributed by atoms with Crippen molar-refractivity contribution in [3.05, 3.63) is 80.3 Å². The maximum absolute atomic E-state index is 13.2. The molecule has 29 heavy (non-hydrogen) atoms. The molecule has 3 rings (SSSR count). The zero-order valence-corrected chi connectivity index (χ0v) is 18.4. The van der Waals surface area contributed by atoms with Crippen LogP contribution in [0.1, 0.15) is 74.9 Å². The van der Waals surface area contributed by atoms with E-state index in [2.05, 4.69) is 52.9 Å². The number of ketones is 2. The SMILES string of the molecule is CCc1ccc([C@@H](N[C@H](C)C(=O)c2[nH]c(C)c(C(C)=O)c2C)c2cccs2)cc1. The molecule has 152 valence electrons. The molecule has 1 aromatic carbocycles. The van der Waals surface area contributed by atoms with E-state index in [1.165, 1.54) is 12.5 Å². The van der Waals surface area contributed by atoms with Crippen molar-refractivity contribution in [2.24, 2.45) is 0 Å². The number of carbonyl (C=O) groups excluding carboxylic acids is 2. The van der Waals surface area contributed by atoms with E-state index >= 15 is 0 Å². The lowest BCUT2D eigenvalue weighted by molar-refractivity contribution is 0.0942. The van der Waals surface area contributed by atoms with Crippen LogP contribution in [-0.4, -0.2) is 22.6 Å². The summed E-state index contributed by atoms with van der Waals surface area (Å²) >= 11 is 1.67. The first-order valence-electron chi connectivity index (χ1n) is 9.96. The number of thiophene rings is 1. The van der Waals surface area contributed by atoms with Gasteiger partial charge in [-0.1, -0.05) is 37.3 Å². The molecule has 0 unspecified atom stereocenters. The van der Waals surface area contributed by atoms with Crippen molar-refractivity contribution in [2.75, 3.05) is 0 Å². The number of nitrogens with one attached hydrogen (secondary N) is 2. The Hall–Kier alpha value is -2.50. The second-order valence-corrected chi connectivity index (χ2v) is 8.46. The van der Waals surface area contributed by atoms with E-state index in [0.29, 0.717) is 11.3 Å². The second kappa shape index (κ2) is 8.89. The summed E-state index contributed by atoms with van der Waals surface area (Å²) in [5, 5.41) is 5.56. The molecule has 0 aliphatic rings. The molecule has 0 fully saturated rings. The number of aryl methyl sites for hydroxylation is 2. The van der Waals surface area contributed by atoms with Crippen LogP contribution in [0.2, 0.25) is 0 Å². The van der Waals surface area contributed by atoms with E-state index in [-0.39, 0.29) is 17.6 Å². The van der Waals surface area contributed by atoms with Gasteiger partial charge in [0.1, 0.15) is 0 Å². The van der Waals surface area contributed by atoms with Gasteiger partial charge in [-0.15, -0.1) is 11.3 Å². The zero-order valence-electron chi connectivity index (χ0n) is 17.6. The van der Waals surface area contributed by atoms with Crippen LogP contribution >= 0.6 is 11.3 Å². The highest BCUT2D eigenvalue weighted by Crippen LogP contribution is 2.28. The molecule has 0 spiro atoms. The molecule has 4 nitrogen and oxygen atoms in total. The van der Waals surface area contributed by atoms with Gasteiger partial charge < -0.3 is 4.98 Å². The number of carbonyl (C=O) groups is 2. The number of hydrogen-bond acceptors (Lipinski definition) is 4. The maximum Gasteiger partial charge on any atom is 0.195 e. The largest absolute Gasteiger partial charge is 0.355 e. The molecular weight excluding hydrogens is 380 g/mol. The lowest BCUT2D eigenvalue weighted by Crippen LogP contribution is -2.37. The van der Waals surface area contributed by atoms with Gasteiger partial charge in [0.25, 0.3) is 0 Å². The number of hydrogen-bond donors (Lipinski definition) is 2.